The number of hydrogen-bond donors (Lipinski definition) is 0. The van der Waals surface area contributed by atoms with Crippen molar-refractivity contribution in [2.45, 2.75) is 27.7 Å². The van der Waals surface area contributed by atoms with Crippen LogP contribution < -0.4 is 35.3 Å². The van der Waals surface area contributed by atoms with Crippen molar-refractivity contribution in [2.24, 2.45) is 11.3 Å². The first-order valence-electron chi connectivity index (χ1n) is 13.1. The number of benzene rings is 4. The van der Waals surface area contributed by atoms with Crippen molar-refractivity contribution < 1.29 is 51.0 Å². The monoisotopic (exact) mass is 691 g/mol. The van der Waals surface area contributed by atoms with Crippen molar-refractivity contribution in [2.75, 3.05) is 0 Å². The van der Waals surface area contributed by atoms with Gasteiger partial charge < -0.3 is 24.8 Å². The molecule has 0 aliphatic heterocycles. The molecule has 0 amide bonds. The summed E-state index contributed by atoms with van der Waals surface area (Å²) in [5, 5.41) is 6.27. The van der Waals surface area contributed by atoms with E-state index >= 15 is 0 Å². The molecule has 41 heavy (non-hydrogen) atoms. The Morgan fingerprint density at radius 2 is 1.29 bits per heavy atom. The van der Waals surface area contributed by atoms with Crippen LogP contribution in [0.25, 0.3) is 17.2 Å². The van der Waals surface area contributed by atoms with Gasteiger partial charge in [0.1, 0.15) is 0 Å². The molecule has 0 fully saturated rings. The molecule has 0 saturated carbocycles. The summed E-state index contributed by atoms with van der Waals surface area (Å²) in [4.78, 5) is 0. The minimum absolute atomic E-state index is 0. The first kappa shape index (κ1) is 33.6. The maximum absolute atomic E-state index is 6.32. The van der Waals surface area contributed by atoms with Crippen LogP contribution in [-0.4, -0.2) is 0 Å². The Bertz CT molecular complexity index is 1810. The van der Waals surface area contributed by atoms with Crippen LogP contribution in [0.3, 0.4) is 0 Å². The molecule has 2 aliphatic carbocycles. The van der Waals surface area contributed by atoms with Gasteiger partial charge in [0.25, 0.3) is 0 Å². The predicted molar refractivity (Wildman–Crippen MR) is 162 cm³/mol. The van der Waals surface area contributed by atoms with Crippen LogP contribution in [0.2, 0.25) is 10.0 Å². The molecule has 1 radical (unpaired) electrons. The minimum atomic E-state index is 0. The summed E-state index contributed by atoms with van der Waals surface area (Å²) < 4.78 is 0. The Morgan fingerprint density at radius 3 is 1.83 bits per heavy atom. The van der Waals surface area contributed by atoms with Crippen LogP contribution in [-0.2, 0) is 26.2 Å². The summed E-state index contributed by atoms with van der Waals surface area (Å²) in [6, 6.07) is 29.4. The van der Waals surface area contributed by atoms with E-state index in [-0.39, 0.29) is 62.4 Å². The van der Waals surface area contributed by atoms with E-state index in [1.165, 1.54) is 37.9 Å². The van der Waals surface area contributed by atoms with Gasteiger partial charge in [-0.1, -0.05) is 129 Å². The molecule has 0 N–H and O–H groups in total. The third-order valence-corrected chi connectivity index (χ3v) is 8.11. The molecule has 2 aliphatic rings. The summed E-state index contributed by atoms with van der Waals surface area (Å²) in [5.74, 6) is 0.289. The van der Waals surface area contributed by atoms with Gasteiger partial charge in [0, 0.05) is 10.0 Å². The Balaban J connectivity index is 0.00000154. The van der Waals surface area contributed by atoms with Gasteiger partial charge in [-0.25, -0.2) is 0 Å². The number of halogens is 4. The first-order chi connectivity index (χ1) is 18.2. The fraction of sp³-hybridized carbons (Fsp3) is 0.167. The topological polar surface area (TPSA) is 0 Å². The molecule has 5 heteroatoms. The van der Waals surface area contributed by atoms with Gasteiger partial charge in [-0.2, -0.15) is 0 Å². The van der Waals surface area contributed by atoms with E-state index in [0.717, 1.165) is 32.0 Å². The van der Waals surface area contributed by atoms with Crippen molar-refractivity contribution in [1.29, 1.82) is 0 Å². The molecule has 0 heterocycles. The number of fused-ring (bicyclic) bond motifs is 2. The van der Waals surface area contributed by atoms with E-state index in [1.54, 1.807) is 0 Å². The Morgan fingerprint density at radius 1 is 0.732 bits per heavy atom. The molecule has 0 spiro atoms. The summed E-state index contributed by atoms with van der Waals surface area (Å²) in [5.41, 5.74) is 8.59. The largest absolute Gasteiger partial charge is 3.00 e. The van der Waals surface area contributed by atoms with Gasteiger partial charge in [-0.05, 0) is 63.1 Å². The third-order valence-electron chi connectivity index (χ3n) is 7.60. The van der Waals surface area contributed by atoms with E-state index in [2.05, 4.69) is 107 Å². The molecule has 1 atom stereocenters. The second-order valence-corrected chi connectivity index (χ2v) is 12.1. The van der Waals surface area contributed by atoms with E-state index in [1.807, 2.05) is 24.3 Å². The Labute approximate surface area is 284 Å². The molecule has 0 aromatic heterocycles. The maximum Gasteiger partial charge on any atom is 3.00 e. The van der Waals surface area contributed by atoms with Crippen LogP contribution >= 0.6 is 23.2 Å². The molecule has 0 nitrogen and oxygen atoms in total. The van der Waals surface area contributed by atoms with Crippen LogP contribution in [0.1, 0.15) is 49.9 Å². The molecular weight excluding hydrogens is 665 g/mol. The van der Waals surface area contributed by atoms with Gasteiger partial charge >= 0.3 is 26.2 Å². The second kappa shape index (κ2) is 13.2. The molecule has 205 valence electrons. The van der Waals surface area contributed by atoms with Crippen molar-refractivity contribution in [1.82, 2.24) is 0 Å². The van der Waals surface area contributed by atoms with Crippen LogP contribution in [0.5, 0.6) is 0 Å². The summed E-state index contributed by atoms with van der Waals surface area (Å²) in [6.07, 6.45) is 8.63. The van der Waals surface area contributed by atoms with Gasteiger partial charge in [0.2, 0.25) is 0 Å². The van der Waals surface area contributed by atoms with Crippen LogP contribution in [0.4, 0.5) is 0 Å². The molecule has 0 saturated heterocycles. The average Bonchev–Trinajstić information content (AvgIpc) is 3.47. The molecule has 0 bridgehead atoms. The van der Waals surface area contributed by atoms with Gasteiger partial charge in [-0.3, -0.25) is 0 Å². The molecule has 4 aromatic carbocycles. The van der Waals surface area contributed by atoms with Crippen LogP contribution in [0, 0.1) is 21.8 Å². The van der Waals surface area contributed by atoms with Gasteiger partial charge in [0.05, 0.1) is 0 Å². The zero-order chi connectivity index (χ0) is 26.6. The van der Waals surface area contributed by atoms with E-state index in [0.29, 0.717) is 0 Å². The number of hydrogen-bond acceptors (Lipinski definition) is 0. The van der Waals surface area contributed by atoms with Crippen molar-refractivity contribution in [3.63, 3.8) is 0 Å². The zero-order valence-corrected chi connectivity index (χ0v) is 28.8. The average molecular weight is 695 g/mol. The van der Waals surface area contributed by atoms with Crippen molar-refractivity contribution >= 4 is 40.4 Å². The quantitative estimate of drug-likeness (QED) is 0.255. The predicted octanol–water partition coefficient (Wildman–Crippen LogP) is 2.56. The van der Waals surface area contributed by atoms with Crippen molar-refractivity contribution in [3.05, 3.63) is 156 Å². The summed E-state index contributed by atoms with van der Waals surface area (Å²) in [7, 11) is 0. The first-order valence-corrected chi connectivity index (χ1v) is 13.8. The van der Waals surface area contributed by atoms with E-state index in [4.69, 9.17) is 23.2 Å². The van der Waals surface area contributed by atoms with E-state index in [9.17, 15) is 0 Å². The fourth-order valence-corrected chi connectivity index (χ4v) is 5.86. The Kier molecular flexibility index (Phi) is 10.8. The normalized spacial score (nSPS) is 14.7. The van der Waals surface area contributed by atoms with Gasteiger partial charge in [-0.15, -0.1) is 33.4 Å². The summed E-state index contributed by atoms with van der Waals surface area (Å²) >= 11 is 12.6. The van der Waals surface area contributed by atoms with Crippen LogP contribution in [0.15, 0.2) is 103 Å². The standard InChI is InChI=1S/C36H29Cl2.2ClH.Zr/c1-22-19-26(36(2,3)4)21-32(22)35-31(18-17-30-29-8-6-5-7-25(29)20-33(30)35)34(23-9-13-27(37)14-10-23)24-11-15-28(38)16-12-24;;;/h5-19,21-22H,1-4H3;2*1H;/q-1;;;+3/p-2. The second-order valence-electron chi connectivity index (χ2n) is 11.2. The maximum atomic E-state index is 6.32. The van der Waals surface area contributed by atoms with Gasteiger partial charge in [0.15, 0.2) is 0 Å². The molecule has 1 unspecified atom stereocenters. The summed E-state index contributed by atoms with van der Waals surface area (Å²) in [6.45, 7) is 9.16. The van der Waals surface area contributed by atoms with E-state index < -0.39 is 0 Å². The number of allylic oxidation sites excluding steroid dienone is 4. The Hall–Kier alpha value is -1.86. The fourth-order valence-electron chi connectivity index (χ4n) is 5.61. The molecular formula is C36H29Cl4Zr. The molecule has 4 aromatic rings. The smallest absolute Gasteiger partial charge is 1.00 e. The molecule has 6 rings (SSSR count). The zero-order valence-electron chi connectivity index (χ0n) is 23.3. The SMILES string of the molecule is CC1C=C(C(C)(C)C)C=C1c1c2c(ccc1=C(c1ccc(Cl)cc1)c1ccc(Cl)cc1)=c1ccccc1=[C-]2.[Cl-].[Cl-].[Zr+3]. The number of rotatable bonds is 3. The third kappa shape index (κ3) is 6.41. The minimum Gasteiger partial charge on any atom is -1.00 e. The van der Waals surface area contributed by atoms with Crippen molar-refractivity contribution in [3.8, 4) is 0 Å².